The Labute approximate surface area is 123 Å². The number of urea groups is 2. The van der Waals surface area contributed by atoms with Crippen LogP contribution in [0.3, 0.4) is 0 Å². The SMILES string of the molecule is C=C[Si](C)(N(CC)C(=O)NCC)N(CC)C(=O)NCC. The maximum atomic E-state index is 12.2. The summed E-state index contributed by atoms with van der Waals surface area (Å²) in [6.45, 7) is 15.6. The molecule has 7 heteroatoms. The number of carbonyl (C=O) groups excluding carboxylic acids is 2. The van der Waals surface area contributed by atoms with Crippen molar-refractivity contribution >= 4 is 20.5 Å². The number of hydrogen-bond donors (Lipinski definition) is 2. The molecule has 0 unspecified atom stereocenters. The summed E-state index contributed by atoms with van der Waals surface area (Å²) in [5, 5.41) is 5.60. The molecular weight excluding hydrogens is 272 g/mol. The van der Waals surface area contributed by atoms with Crippen molar-refractivity contribution in [3.63, 3.8) is 0 Å². The van der Waals surface area contributed by atoms with Crippen LogP contribution in [0.1, 0.15) is 27.7 Å². The second-order valence-electron chi connectivity index (χ2n) is 4.46. The van der Waals surface area contributed by atoms with Crippen LogP contribution in [-0.4, -0.2) is 55.8 Å². The van der Waals surface area contributed by atoms with Gasteiger partial charge in [-0.1, -0.05) is 5.70 Å². The molecule has 0 spiro atoms. The van der Waals surface area contributed by atoms with E-state index in [9.17, 15) is 9.59 Å². The van der Waals surface area contributed by atoms with Crippen LogP contribution in [0.4, 0.5) is 9.59 Å². The number of rotatable bonds is 7. The third kappa shape index (κ3) is 3.99. The van der Waals surface area contributed by atoms with E-state index in [4.69, 9.17) is 0 Å². The molecule has 0 aromatic heterocycles. The smallest absolute Gasteiger partial charge is 0.310 e. The highest BCUT2D eigenvalue weighted by Crippen LogP contribution is 2.17. The molecule has 116 valence electrons. The van der Waals surface area contributed by atoms with Gasteiger partial charge in [0.25, 0.3) is 8.40 Å². The molecule has 4 amide bonds. The average molecular weight is 300 g/mol. The van der Waals surface area contributed by atoms with Crippen molar-refractivity contribution in [2.24, 2.45) is 0 Å². The van der Waals surface area contributed by atoms with Gasteiger partial charge in [-0.2, -0.15) is 0 Å². The van der Waals surface area contributed by atoms with E-state index in [0.717, 1.165) is 0 Å². The zero-order valence-electron chi connectivity index (χ0n) is 13.3. The molecule has 0 aliphatic carbocycles. The Hall–Kier alpha value is -1.50. The summed E-state index contributed by atoms with van der Waals surface area (Å²) in [4.78, 5) is 24.4. The van der Waals surface area contributed by atoms with Crippen molar-refractivity contribution in [3.8, 4) is 0 Å². The van der Waals surface area contributed by atoms with Gasteiger partial charge in [0.05, 0.1) is 0 Å². The fraction of sp³-hybridized carbons (Fsp3) is 0.692. The Morgan fingerprint density at radius 1 is 1.00 bits per heavy atom. The predicted molar refractivity (Wildman–Crippen MR) is 84.7 cm³/mol. The van der Waals surface area contributed by atoms with E-state index < -0.39 is 8.40 Å². The lowest BCUT2D eigenvalue weighted by Gasteiger charge is -2.43. The van der Waals surface area contributed by atoms with Crippen LogP contribution in [0.25, 0.3) is 0 Å². The van der Waals surface area contributed by atoms with E-state index in [1.807, 2.05) is 34.2 Å². The van der Waals surface area contributed by atoms with Gasteiger partial charge < -0.3 is 19.8 Å². The molecule has 0 aliphatic heterocycles. The molecule has 0 atom stereocenters. The quantitative estimate of drug-likeness (QED) is 0.705. The third-order valence-electron chi connectivity index (χ3n) is 3.26. The van der Waals surface area contributed by atoms with Crippen LogP contribution in [-0.2, 0) is 0 Å². The zero-order valence-corrected chi connectivity index (χ0v) is 14.3. The van der Waals surface area contributed by atoms with Crippen molar-refractivity contribution in [1.29, 1.82) is 0 Å². The highest BCUT2D eigenvalue weighted by Gasteiger charge is 2.42. The van der Waals surface area contributed by atoms with Crippen LogP contribution in [0, 0.1) is 0 Å². The summed E-state index contributed by atoms with van der Waals surface area (Å²) in [7, 11) is -2.58. The first-order chi connectivity index (χ1) is 9.42. The minimum absolute atomic E-state index is 0.146. The second kappa shape index (κ2) is 8.62. The lowest BCUT2D eigenvalue weighted by atomic mass is 10.7. The lowest BCUT2D eigenvalue weighted by molar-refractivity contribution is 0.211. The topological polar surface area (TPSA) is 64.7 Å². The molecule has 0 aromatic carbocycles. The Bertz CT molecular complexity index is 323. The number of amides is 4. The molecule has 0 saturated heterocycles. The molecule has 0 radical (unpaired) electrons. The standard InChI is InChI=1S/C13H28N4O2Si/c1-7-14-12(18)16(9-3)20(6,11-5)17(10-4)13(19)15-8-2/h11H,5,7-10H2,1-4,6H3,(H,14,18)(H,15,19). The summed E-state index contributed by atoms with van der Waals surface area (Å²) >= 11 is 0. The summed E-state index contributed by atoms with van der Waals surface area (Å²) in [5.74, 6) is 0. The van der Waals surface area contributed by atoms with Gasteiger partial charge in [0.15, 0.2) is 0 Å². The molecule has 0 bridgehead atoms. The third-order valence-corrected chi connectivity index (χ3v) is 7.26. The van der Waals surface area contributed by atoms with E-state index in [0.29, 0.717) is 26.2 Å². The highest BCUT2D eigenvalue weighted by molar-refractivity contribution is 6.81. The molecule has 0 aliphatic rings. The molecule has 0 saturated carbocycles. The minimum atomic E-state index is -2.58. The first-order valence-corrected chi connectivity index (χ1v) is 9.64. The monoisotopic (exact) mass is 300 g/mol. The fourth-order valence-electron chi connectivity index (χ4n) is 2.20. The Kier molecular flexibility index (Phi) is 7.98. The van der Waals surface area contributed by atoms with Crippen molar-refractivity contribution in [3.05, 3.63) is 12.3 Å². The van der Waals surface area contributed by atoms with Crippen molar-refractivity contribution in [1.82, 2.24) is 19.8 Å². The van der Waals surface area contributed by atoms with Gasteiger partial charge in [-0.15, -0.1) is 6.58 Å². The van der Waals surface area contributed by atoms with Crippen LogP contribution in [0.2, 0.25) is 6.55 Å². The normalized spacial score (nSPS) is 10.7. The second-order valence-corrected chi connectivity index (χ2v) is 8.13. The van der Waals surface area contributed by atoms with Crippen molar-refractivity contribution < 1.29 is 9.59 Å². The van der Waals surface area contributed by atoms with Crippen LogP contribution < -0.4 is 10.6 Å². The average Bonchev–Trinajstić information content (AvgIpc) is 2.40. The summed E-state index contributed by atoms with van der Waals surface area (Å²) in [6, 6.07) is -0.293. The molecule has 0 fully saturated rings. The van der Waals surface area contributed by atoms with Gasteiger partial charge in [-0.3, -0.25) is 0 Å². The molecule has 0 aromatic rings. The van der Waals surface area contributed by atoms with Gasteiger partial charge in [-0.05, 0) is 34.2 Å². The Morgan fingerprint density at radius 2 is 1.35 bits per heavy atom. The number of hydrogen-bond acceptors (Lipinski definition) is 2. The summed E-state index contributed by atoms with van der Waals surface area (Å²) in [6.07, 6.45) is 0. The van der Waals surface area contributed by atoms with E-state index in [1.165, 1.54) is 0 Å². The van der Waals surface area contributed by atoms with Crippen LogP contribution in [0.5, 0.6) is 0 Å². The van der Waals surface area contributed by atoms with Gasteiger partial charge in [0.1, 0.15) is 0 Å². The van der Waals surface area contributed by atoms with E-state index >= 15 is 0 Å². The lowest BCUT2D eigenvalue weighted by Crippen LogP contribution is -2.68. The first kappa shape index (κ1) is 18.5. The number of nitrogens with one attached hydrogen (secondary N) is 2. The van der Waals surface area contributed by atoms with Crippen LogP contribution >= 0.6 is 0 Å². The first-order valence-electron chi connectivity index (χ1n) is 7.17. The maximum Gasteiger partial charge on any atom is 0.310 e. The molecule has 0 heterocycles. The minimum Gasteiger partial charge on any atom is -0.339 e. The molecule has 6 nitrogen and oxygen atoms in total. The zero-order chi connectivity index (χ0) is 15.8. The maximum absolute atomic E-state index is 12.2. The van der Waals surface area contributed by atoms with Gasteiger partial charge in [0, 0.05) is 26.2 Å². The highest BCUT2D eigenvalue weighted by atomic mass is 28.3. The van der Waals surface area contributed by atoms with Crippen molar-refractivity contribution in [2.75, 3.05) is 26.2 Å². The van der Waals surface area contributed by atoms with Crippen LogP contribution in [0.15, 0.2) is 12.3 Å². The molecule has 0 rings (SSSR count). The molecule has 2 N–H and O–H groups in total. The Morgan fingerprint density at radius 3 is 1.55 bits per heavy atom. The predicted octanol–water partition coefficient (Wildman–Crippen LogP) is 1.89. The van der Waals surface area contributed by atoms with Crippen molar-refractivity contribution in [2.45, 2.75) is 34.2 Å². The number of carbonyl (C=O) groups is 2. The number of nitrogens with zero attached hydrogens (tertiary/aromatic N) is 2. The largest absolute Gasteiger partial charge is 0.339 e. The van der Waals surface area contributed by atoms with Gasteiger partial charge in [0.2, 0.25) is 0 Å². The van der Waals surface area contributed by atoms with Gasteiger partial charge in [-0.25, -0.2) is 9.59 Å². The van der Waals surface area contributed by atoms with E-state index in [2.05, 4.69) is 17.2 Å². The summed E-state index contributed by atoms with van der Waals surface area (Å²) < 4.78 is 3.48. The molecule has 20 heavy (non-hydrogen) atoms. The van der Waals surface area contributed by atoms with E-state index in [-0.39, 0.29) is 12.1 Å². The fourth-order valence-corrected chi connectivity index (χ4v) is 5.19. The molecular formula is C13H28N4O2Si. The Balaban J connectivity index is 5.44. The van der Waals surface area contributed by atoms with Gasteiger partial charge >= 0.3 is 12.1 Å². The van der Waals surface area contributed by atoms with E-state index in [1.54, 1.807) is 14.8 Å². The summed E-state index contributed by atoms with van der Waals surface area (Å²) in [5.41, 5.74) is 1.77.